The molecule has 0 radical (unpaired) electrons. The number of nitrogens with two attached hydrogens (primary N) is 1. The second-order valence-electron chi connectivity index (χ2n) is 4.94. The smallest absolute Gasteiger partial charge is 0.272 e. The third kappa shape index (κ3) is 2.56. The van der Waals surface area contributed by atoms with Crippen molar-refractivity contribution in [2.75, 3.05) is 0 Å². The van der Waals surface area contributed by atoms with Gasteiger partial charge in [0.1, 0.15) is 5.82 Å². The highest BCUT2D eigenvalue weighted by Crippen LogP contribution is 2.31. The number of carbonyl (C=O) groups is 1. The van der Waals surface area contributed by atoms with Gasteiger partial charge in [0.15, 0.2) is 5.69 Å². The molecule has 0 saturated heterocycles. The van der Waals surface area contributed by atoms with Crippen LogP contribution in [0.3, 0.4) is 0 Å². The van der Waals surface area contributed by atoms with Gasteiger partial charge in [-0.25, -0.2) is 4.98 Å². The van der Waals surface area contributed by atoms with Crippen molar-refractivity contribution in [3.05, 3.63) is 83.3 Å². The number of aromatic hydroxyl groups is 1. The van der Waals surface area contributed by atoms with Crippen molar-refractivity contribution < 1.29 is 9.90 Å². The number of aromatic nitrogens is 2. The van der Waals surface area contributed by atoms with Crippen LogP contribution < -0.4 is 5.73 Å². The van der Waals surface area contributed by atoms with Crippen LogP contribution in [-0.4, -0.2) is 21.0 Å². The number of amides is 1. The van der Waals surface area contributed by atoms with Crippen LogP contribution in [0.4, 0.5) is 0 Å². The summed E-state index contributed by atoms with van der Waals surface area (Å²) in [5.74, 6) is -0.815. The number of carbonyl (C=O) groups excluding carboxylic acids is 1. The number of hydrogen-bond donors (Lipinski definition) is 3. The van der Waals surface area contributed by atoms with Gasteiger partial charge in [0.05, 0.1) is 5.92 Å². The number of H-pyrrole nitrogens is 1. The molecule has 0 aliphatic heterocycles. The maximum Gasteiger partial charge on any atom is 0.272 e. The maximum atomic E-state index is 11.3. The first kappa shape index (κ1) is 13.9. The highest BCUT2D eigenvalue weighted by atomic mass is 16.3. The van der Waals surface area contributed by atoms with E-state index in [1.165, 1.54) is 0 Å². The molecule has 0 atom stereocenters. The molecule has 0 unspecified atom stereocenters. The van der Waals surface area contributed by atoms with Crippen molar-refractivity contribution in [1.29, 1.82) is 0 Å². The van der Waals surface area contributed by atoms with Gasteiger partial charge in [-0.3, -0.25) is 4.79 Å². The Morgan fingerprint density at radius 2 is 1.50 bits per heavy atom. The number of rotatable bonds is 4. The lowest BCUT2D eigenvalue weighted by Gasteiger charge is -2.15. The SMILES string of the molecule is NC(=O)c1nc(C(c2ccccc2)c2ccccc2)[nH]c1O. The van der Waals surface area contributed by atoms with Gasteiger partial charge >= 0.3 is 0 Å². The number of benzene rings is 2. The molecule has 22 heavy (non-hydrogen) atoms. The van der Waals surface area contributed by atoms with Crippen molar-refractivity contribution in [2.24, 2.45) is 5.73 Å². The van der Waals surface area contributed by atoms with Crippen LogP contribution in [-0.2, 0) is 0 Å². The first-order chi connectivity index (χ1) is 10.7. The van der Waals surface area contributed by atoms with Gasteiger partial charge in [-0.15, -0.1) is 0 Å². The lowest BCUT2D eigenvalue weighted by Crippen LogP contribution is -2.12. The maximum absolute atomic E-state index is 11.3. The van der Waals surface area contributed by atoms with Crippen molar-refractivity contribution >= 4 is 5.91 Å². The Kier molecular flexibility index (Phi) is 3.62. The van der Waals surface area contributed by atoms with E-state index in [0.29, 0.717) is 5.82 Å². The molecule has 1 heterocycles. The molecule has 0 saturated carbocycles. The number of aromatic amines is 1. The predicted octanol–water partition coefficient (Wildman–Crippen LogP) is 2.39. The zero-order valence-corrected chi connectivity index (χ0v) is 11.7. The molecule has 5 heteroatoms. The van der Waals surface area contributed by atoms with Crippen molar-refractivity contribution in [3.63, 3.8) is 0 Å². The molecule has 4 N–H and O–H groups in total. The van der Waals surface area contributed by atoms with Gasteiger partial charge in [-0.2, -0.15) is 0 Å². The van der Waals surface area contributed by atoms with Crippen molar-refractivity contribution in [3.8, 4) is 5.88 Å². The fraction of sp³-hybridized carbons (Fsp3) is 0.0588. The minimum absolute atomic E-state index is 0.146. The molecular weight excluding hydrogens is 278 g/mol. The van der Waals surface area contributed by atoms with Gasteiger partial charge < -0.3 is 15.8 Å². The van der Waals surface area contributed by atoms with Gasteiger partial charge in [-0.05, 0) is 11.1 Å². The molecule has 3 aromatic rings. The first-order valence-electron chi connectivity index (χ1n) is 6.85. The molecule has 0 aliphatic carbocycles. The molecule has 0 fully saturated rings. The van der Waals surface area contributed by atoms with Gasteiger partial charge in [0.25, 0.3) is 5.91 Å². The zero-order valence-electron chi connectivity index (χ0n) is 11.7. The summed E-state index contributed by atoms with van der Waals surface area (Å²) in [5.41, 5.74) is 7.07. The highest BCUT2D eigenvalue weighted by molar-refractivity contribution is 5.93. The lowest BCUT2D eigenvalue weighted by molar-refractivity contribution is 0.0993. The first-order valence-corrected chi connectivity index (χ1v) is 6.85. The summed E-state index contributed by atoms with van der Waals surface area (Å²) in [6, 6.07) is 19.5. The number of nitrogens with one attached hydrogen (secondary N) is 1. The van der Waals surface area contributed by atoms with Crippen LogP contribution in [0.25, 0.3) is 0 Å². The fourth-order valence-electron chi connectivity index (χ4n) is 2.49. The van der Waals surface area contributed by atoms with Crippen LogP contribution in [0.5, 0.6) is 5.88 Å². The molecule has 2 aromatic carbocycles. The Bertz CT molecular complexity index is 743. The molecule has 0 spiro atoms. The summed E-state index contributed by atoms with van der Waals surface area (Å²) in [5, 5.41) is 9.83. The summed E-state index contributed by atoms with van der Waals surface area (Å²) >= 11 is 0. The van der Waals surface area contributed by atoms with E-state index in [9.17, 15) is 9.90 Å². The Balaban J connectivity index is 2.14. The quantitative estimate of drug-likeness (QED) is 0.689. The minimum atomic E-state index is -0.764. The third-order valence-electron chi connectivity index (χ3n) is 3.48. The summed E-state index contributed by atoms with van der Waals surface area (Å²) in [6.07, 6.45) is 0. The van der Waals surface area contributed by atoms with E-state index in [2.05, 4.69) is 9.97 Å². The van der Waals surface area contributed by atoms with Crippen LogP contribution in [0, 0.1) is 0 Å². The molecule has 110 valence electrons. The van der Waals surface area contributed by atoms with Crippen LogP contribution >= 0.6 is 0 Å². The van der Waals surface area contributed by atoms with Crippen LogP contribution in [0.15, 0.2) is 60.7 Å². The van der Waals surface area contributed by atoms with E-state index in [-0.39, 0.29) is 17.5 Å². The molecule has 0 bridgehead atoms. The topological polar surface area (TPSA) is 92.0 Å². The molecule has 1 amide bonds. The van der Waals surface area contributed by atoms with Crippen molar-refractivity contribution in [2.45, 2.75) is 5.92 Å². The van der Waals surface area contributed by atoms with Gasteiger partial charge in [-0.1, -0.05) is 60.7 Å². The number of nitrogens with zero attached hydrogens (tertiary/aromatic N) is 1. The Labute approximate surface area is 127 Å². The van der Waals surface area contributed by atoms with E-state index in [0.717, 1.165) is 11.1 Å². The Morgan fingerprint density at radius 3 is 1.91 bits per heavy atom. The minimum Gasteiger partial charge on any atom is -0.493 e. The van der Waals surface area contributed by atoms with Crippen LogP contribution in [0.2, 0.25) is 0 Å². The monoisotopic (exact) mass is 293 g/mol. The number of imidazole rings is 1. The lowest BCUT2D eigenvalue weighted by atomic mass is 9.91. The Morgan fingerprint density at radius 1 is 1.00 bits per heavy atom. The Hall–Kier alpha value is -3.08. The highest BCUT2D eigenvalue weighted by Gasteiger charge is 2.23. The standard InChI is InChI=1S/C17H15N3O2/c18-15(21)14-17(22)20-16(19-14)13(11-7-3-1-4-8-11)12-9-5-2-6-10-12/h1-10,13,22H,(H2,18,21)(H,19,20). The van der Waals surface area contributed by atoms with Crippen molar-refractivity contribution in [1.82, 2.24) is 9.97 Å². The number of hydrogen-bond acceptors (Lipinski definition) is 3. The molecule has 0 aliphatic rings. The molecule has 5 nitrogen and oxygen atoms in total. The summed E-state index contributed by atoms with van der Waals surface area (Å²) in [6.45, 7) is 0. The van der Waals surface area contributed by atoms with Gasteiger partial charge in [0.2, 0.25) is 5.88 Å². The summed E-state index contributed by atoms with van der Waals surface area (Å²) < 4.78 is 0. The van der Waals surface area contributed by atoms with E-state index in [1.54, 1.807) is 0 Å². The second kappa shape index (κ2) is 5.73. The average Bonchev–Trinajstić information content (AvgIpc) is 2.91. The van der Waals surface area contributed by atoms with E-state index in [4.69, 9.17) is 5.73 Å². The van der Waals surface area contributed by atoms with Crippen LogP contribution in [0.1, 0.15) is 33.4 Å². The average molecular weight is 293 g/mol. The summed E-state index contributed by atoms with van der Waals surface area (Å²) in [4.78, 5) is 18.3. The van der Waals surface area contributed by atoms with E-state index >= 15 is 0 Å². The molecule has 3 rings (SSSR count). The predicted molar refractivity (Wildman–Crippen MR) is 82.6 cm³/mol. The number of primary amides is 1. The zero-order chi connectivity index (χ0) is 15.5. The molecular formula is C17H15N3O2. The third-order valence-corrected chi connectivity index (χ3v) is 3.48. The summed E-state index contributed by atoms with van der Waals surface area (Å²) in [7, 11) is 0. The van der Waals surface area contributed by atoms with Gasteiger partial charge in [0, 0.05) is 0 Å². The van der Waals surface area contributed by atoms with E-state index in [1.807, 2.05) is 60.7 Å². The molecule has 1 aromatic heterocycles. The second-order valence-corrected chi connectivity index (χ2v) is 4.94. The fourth-order valence-corrected chi connectivity index (χ4v) is 2.49. The van der Waals surface area contributed by atoms with E-state index < -0.39 is 5.91 Å². The normalized spacial score (nSPS) is 10.8. The largest absolute Gasteiger partial charge is 0.493 e.